The minimum absolute atomic E-state index is 0.0237. The van der Waals surface area contributed by atoms with Crippen molar-refractivity contribution in [1.29, 1.82) is 5.41 Å². The molecule has 0 aromatic heterocycles. The molecule has 29 heavy (non-hydrogen) atoms. The average molecular weight is 413 g/mol. The highest BCUT2D eigenvalue weighted by molar-refractivity contribution is 7.11. The van der Waals surface area contributed by atoms with Crippen LogP contribution in [0.15, 0.2) is 23.0 Å². The first-order chi connectivity index (χ1) is 13.9. The number of carbonyl (C=O) groups is 1. The van der Waals surface area contributed by atoms with Gasteiger partial charge in [0.25, 0.3) is 5.56 Å². The molecule has 0 bridgehead atoms. The van der Waals surface area contributed by atoms with Gasteiger partial charge in [-0.15, -0.1) is 0 Å². The molecule has 1 aromatic carbocycles. The van der Waals surface area contributed by atoms with Crippen molar-refractivity contribution in [1.82, 2.24) is 19.7 Å². The molecule has 0 spiro atoms. The number of nitrogens with zero attached hydrogens (tertiary/aromatic N) is 3. The number of aromatic amines is 1. The van der Waals surface area contributed by atoms with Gasteiger partial charge in [-0.2, -0.15) is 4.98 Å². The van der Waals surface area contributed by atoms with Gasteiger partial charge in [0.15, 0.2) is 17.0 Å². The van der Waals surface area contributed by atoms with E-state index in [9.17, 15) is 19.8 Å². The average Bonchev–Trinajstić information content (AvgIpc) is 3.11. The number of nitrogens with one attached hydrogen (secondary N) is 2. The van der Waals surface area contributed by atoms with Crippen LogP contribution in [-0.2, 0) is 4.79 Å². The Hall–Kier alpha value is -3.40. The van der Waals surface area contributed by atoms with Gasteiger partial charge in [0.1, 0.15) is 4.66 Å². The highest BCUT2D eigenvalue weighted by Crippen LogP contribution is 2.24. The number of rotatable bonds is 2. The summed E-state index contributed by atoms with van der Waals surface area (Å²) in [6.45, 7) is 1.47. The molecule has 4 N–H and O–H groups in total. The lowest BCUT2D eigenvalue weighted by Crippen LogP contribution is -2.47. The fourth-order valence-electron chi connectivity index (χ4n) is 3.22. The van der Waals surface area contributed by atoms with Crippen molar-refractivity contribution >= 4 is 29.4 Å². The van der Waals surface area contributed by atoms with Crippen molar-refractivity contribution in [3.8, 4) is 16.6 Å². The van der Waals surface area contributed by atoms with Crippen LogP contribution in [0.1, 0.15) is 24.8 Å². The van der Waals surface area contributed by atoms with Gasteiger partial charge in [0.2, 0.25) is 11.0 Å². The molecule has 4 rings (SSSR count). The minimum Gasteiger partial charge on any atom is -0.504 e. The minimum atomic E-state index is -0.591. The molecule has 0 atom stereocenters. The van der Waals surface area contributed by atoms with E-state index in [1.54, 1.807) is 4.90 Å². The number of aromatic hydroxyl groups is 2. The SMILES string of the molecule is N=c1/c(=C/c2ccc(O)c(O)c2)c(=O)nc2s/c(=C/C(=O)N3CCCCC3)[nH]n1-2. The molecule has 1 amide bonds. The molecule has 1 aromatic rings. The maximum absolute atomic E-state index is 12.4. The van der Waals surface area contributed by atoms with E-state index in [0.717, 1.165) is 43.7 Å². The van der Waals surface area contributed by atoms with E-state index < -0.39 is 5.56 Å². The quantitative estimate of drug-likeness (QED) is 0.423. The molecule has 3 aliphatic heterocycles. The Morgan fingerprint density at radius 3 is 2.69 bits per heavy atom. The molecule has 0 saturated carbocycles. The van der Waals surface area contributed by atoms with Crippen LogP contribution >= 0.6 is 11.3 Å². The van der Waals surface area contributed by atoms with Crippen LogP contribution in [0.25, 0.3) is 17.3 Å². The van der Waals surface area contributed by atoms with E-state index in [-0.39, 0.29) is 33.2 Å². The van der Waals surface area contributed by atoms with E-state index in [0.29, 0.717) is 10.2 Å². The van der Waals surface area contributed by atoms with Crippen molar-refractivity contribution in [2.45, 2.75) is 19.3 Å². The standard InChI is InChI=1S/C19H19N5O4S/c20-17-12(8-11-4-5-13(25)14(26)9-11)18(28)21-19-24(17)22-15(29-19)10-16(27)23-6-2-1-3-7-23/h4-5,8-10,20,22,25-26H,1-3,6-7H2/b12-8-,15-10+,20-17?. The van der Waals surface area contributed by atoms with E-state index in [4.69, 9.17) is 5.41 Å². The molecule has 0 unspecified atom stereocenters. The van der Waals surface area contributed by atoms with Gasteiger partial charge in [-0.3, -0.25) is 20.1 Å². The Kier molecular flexibility index (Phi) is 4.93. The monoisotopic (exact) mass is 413 g/mol. The highest BCUT2D eigenvalue weighted by Gasteiger charge is 2.16. The van der Waals surface area contributed by atoms with Crippen molar-refractivity contribution in [2.75, 3.05) is 13.1 Å². The number of fused-ring (bicyclic) bond motifs is 1. The van der Waals surface area contributed by atoms with E-state index >= 15 is 0 Å². The third-order valence-electron chi connectivity index (χ3n) is 4.75. The predicted molar refractivity (Wildman–Crippen MR) is 107 cm³/mol. The van der Waals surface area contributed by atoms with Crippen LogP contribution in [0, 0.1) is 5.41 Å². The van der Waals surface area contributed by atoms with Crippen LogP contribution in [0.4, 0.5) is 0 Å². The Balaban J connectivity index is 1.79. The van der Waals surface area contributed by atoms with Crippen molar-refractivity contribution < 1.29 is 15.0 Å². The number of aromatic nitrogens is 3. The molecule has 0 aliphatic carbocycles. The zero-order chi connectivity index (χ0) is 20.5. The number of hydrogen-bond donors (Lipinski definition) is 4. The van der Waals surface area contributed by atoms with Crippen molar-refractivity contribution in [3.63, 3.8) is 0 Å². The first kappa shape index (κ1) is 18.9. The summed E-state index contributed by atoms with van der Waals surface area (Å²) in [5, 5.41) is 30.6. The molecule has 10 heteroatoms. The molecule has 150 valence electrons. The summed E-state index contributed by atoms with van der Waals surface area (Å²) in [5.74, 6) is -0.703. The van der Waals surface area contributed by atoms with Gasteiger partial charge in [-0.1, -0.05) is 17.4 Å². The number of hydrogen-bond acceptors (Lipinski definition) is 7. The van der Waals surface area contributed by atoms with Crippen molar-refractivity contribution in [3.05, 3.63) is 49.5 Å². The summed E-state index contributed by atoms with van der Waals surface area (Å²) in [6.07, 6.45) is 6.00. The zero-order valence-corrected chi connectivity index (χ0v) is 16.2. The second-order valence-corrected chi connectivity index (χ2v) is 7.81. The Morgan fingerprint density at radius 1 is 1.21 bits per heavy atom. The number of likely N-dealkylation sites (tertiary alicyclic amines) is 1. The molecule has 3 heterocycles. The van der Waals surface area contributed by atoms with Crippen LogP contribution < -0.4 is 20.9 Å². The molecule has 0 radical (unpaired) electrons. The van der Waals surface area contributed by atoms with Crippen LogP contribution in [0.3, 0.4) is 0 Å². The second-order valence-electron chi connectivity index (χ2n) is 6.80. The summed E-state index contributed by atoms with van der Waals surface area (Å²) in [5.41, 5.74) is -0.268. The fourth-order valence-corrected chi connectivity index (χ4v) is 4.07. The zero-order valence-electron chi connectivity index (χ0n) is 15.4. The highest BCUT2D eigenvalue weighted by atomic mass is 32.1. The fraction of sp³-hybridized carbons (Fsp3) is 0.263. The van der Waals surface area contributed by atoms with E-state index in [1.807, 2.05) is 0 Å². The Bertz CT molecular complexity index is 1280. The molecule has 1 fully saturated rings. The third kappa shape index (κ3) is 3.79. The van der Waals surface area contributed by atoms with E-state index in [2.05, 4.69) is 10.1 Å². The van der Waals surface area contributed by atoms with Gasteiger partial charge < -0.3 is 15.1 Å². The normalized spacial score (nSPS) is 15.9. The van der Waals surface area contributed by atoms with Gasteiger partial charge >= 0.3 is 0 Å². The number of H-pyrrole nitrogens is 1. The lowest BCUT2D eigenvalue weighted by molar-refractivity contribution is -0.125. The summed E-state index contributed by atoms with van der Waals surface area (Å²) in [7, 11) is 0. The van der Waals surface area contributed by atoms with Crippen LogP contribution in [0.2, 0.25) is 0 Å². The summed E-state index contributed by atoms with van der Waals surface area (Å²) in [4.78, 5) is 30.6. The maximum Gasteiger partial charge on any atom is 0.283 e. The van der Waals surface area contributed by atoms with Crippen molar-refractivity contribution in [2.24, 2.45) is 0 Å². The number of amides is 1. The molecular formula is C19H19N5O4S. The van der Waals surface area contributed by atoms with Gasteiger partial charge in [-0.05, 0) is 43.0 Å². The number of benzene rings is 1. The lowest BCUT2D eigenvalue weighted by Gasteiger charge is -2.25. The van der Waals surface area contributed by atoms with Gasteiger partial charge in [0, 0.05) is 19.2 Å². The smallest absolute Gasteiger partial charge is 0.283 e. The Labute approximate surface area is 168 Å². The number of carbonyl (C=O) groups excluding carboxylic acids is 1. The first-order valence-corrected chi connectivity index (χ1v) is 9.95. The van der Waals surface area contributed by atoms with E-state index in [1.165, 1.54) is 35.0 Å². The predicted octanol–water partition coefficient (Wildman–Crippen LogP) is -0.428. The van der Waals surface area contributed by atoms with Crippen LogP contribution in [-0.4, -0.2) is 48.9 Å². The number of phenols is 2. The molecule has 1 saturated heterocycles. The van der Waals surface area contributed by atoms with Crippen LogP contribution in [0.5, 0.6) is 11.5 Å². The van der Waals surface area contributed by atoms with Gasteiger partial charge in [0.05, 0.1) is 5.22 Å². The summed E-state index contributed by atoms with van der Waals surface area (Å²) < 4.78 is 1.84. The largest absolute Gasteiger partial charge is 0.504 e. The molecule has 9 nitrogen and oxygen atoms in total. The lowest BCUT2D eigenvalue weighted by atomic mass is 10.1. The van der Waals surface area contributed by atoms with Gasteiger partial charge in [-0.25, -0.2) is 4.68 Å². The third-order valence-corrected chi connectivity index (χ3v) is 5.64. The number of phenolic OH excluding ortho intramolecular Hbond substituents is 2. The summed E-state index contributed by atoms with van der Waals surface area (Å²) in [6, 6.07) is 4.10. The Morgan fingerprint density at radius 2 is 1.97 bits per heavy atom. The number of piperidine rings is 1. The molecule has 3 aliphatic rings. The molecular weight excluding hydrogens is 394 g/mol. The maximum atomic E-state index is 12.4. The second kappa shape index (κ2) is 7.55. The first-order valence-electron chi connectivity index (χ1n) is 9.13. The summed E-state index contributed by atoms with van der Waals surface area (Å²) >= 11 is 1.12. The topological polar surface area (TPSA) is 135 Å².